The minimum atomic E-state index is -0.220. The molecule has 35 heavy (non-hydrogen) atoms. The summed E-state index contributed by atoms with van der Waals surface area (Å²) in [6.45, 7) is 3.64. The van der Waals surface area contributed by atoms with E-state index in [4.69, 9.17) is 4.98 Å². The van der Waals surface area contributed by atoms with Gasteiger partial charge < -0.3 is 10.2 Å². The van der Waals surface area contributed by atoms with E-state index in [1.54, 1.807) is 10.8 Å². The quantitative estimate of drug-likeness (QED) is 0.458. The van der Waals surface area contributed by atoms with Gasteiger partial charge in [-0.25, -0.2) is 9.97 Å². The lowest BCUT2D eigenvalue weighted by molar-refractivity contribution is -0.120. The summed E-state index contributed by atoms with van der Waals surface area (Å²) in [4.78, 5) is 37.9. The molecule has 0 saturated carbocycles. The predicted molar refractivity (Wildman–Crippen MR) is 139 cm³/mol. The number of nitrogens with one attached hydrogen (secondary N) is 1. The van der Waals surface area contributed by atoms with Crippen molar-refractivity contribution in [2.24, 2.45) is 5.92 Å². The number of benzene rings is 2. The van der Waals surface area contributed by atoms with Crippen molar-refractivity contribution in [2.45, 2.75) is 32.7 Å². The van der Waals surface area contributed by atoms with Crippen molar-refractivity contribution >= 4 is 28.6 Å². The van der Waals surface area contributed by atoms with Crippen LogP contribution in [0.15, 0.2) is 77.7 Å². The fourth-order valence-electron chi connectivity index (χ4n) is 4.75. The molecule has 0 unspecified atom stereocenters. The highest BCUT2D eigenvalue weighted by atomic mass is 16.2. The van der Waals surface area contributed by atoms with Crippen LogP contribution in [-0.2, 0) is 17.8 Å². The Balaban J connectivity index is 1.44. The smallest absolute Gasteiger partial charge is 0.295 e. The van der Waals surface area contributed by atoms with Crippen LogP contribution < -0.4 is 15.8 Å². The maximum Gasteiger partial charge on any atom is 0.295 e. The fraction of sp³-hybridized carbons (Fsp3) is 0.286. The maximum atomic E-state index is 13.7. The number of amides is 1. The minimum absolute atomic E-state index is 0.0114. The molecule has 1 amide bonds. The summed E-state index contributed by atoms with van der Waals surface area (Å²) in [7, 11) is 0. The molecule has 2 aromatic heterocycles. The van der Waals surface area contributed by atoms with Crippen LogP contribution in [-0.4, -0.2) is 33.5 Å². The first kappa shape index (κ1) is 22.8. The lowest BCUT2D eigenvalue weighted by Gasteiger charge is -2.33. The third-order valence-corrected chi connectivity index (χ3v) is 6.62. The van der Waals surface area contributed by atoms with Gasteiger partial charge in [-0.3, -0.25) is 14.2 Å². The first-order valence-electron chi connectivity index (χ1n) is 12.2. The van der Waals surface area contributed by atoms with Crippen LogP contribution in [0, 0.1) is 5.92 Å². The van der Waals surface area contributed by atoms with Crippen molar-refractivity contribution < 1.29 is 4.79 Å². The fourth-order valence-corrected chi connectivity index (χ4v) is 4.75. The van der Waals surface area contributed by atoms with Gasteiger partial charge in [0.1, 0.15) is 5.52 Å². The summed E-state index contributed by atoms with van der Waals surface area (Å²) in [5, 5.41) is 3.11. The molecular weight excluding hydrogens is 438 g/mol. The predicted octanol–water partition coefficient (Wildman–Crippen LogP) is 4.26. The minimum Gasteiger partial charge on any atom is -0.351 e. The average Bonchev–Trinajstić information content (AvgIpc) is 2.91. The first-order chi connectivity index (χ1) is 17.1. The van der Waals surface area contributed by atoms with E-state index >= 15 is 0 Å². The summed E-state index contributed by atoms with van der Waals surface area (Å²) in [5.41, 5.74) is 4.04. The Morgan fingerprint density at radius 1 is 1.06 bits per heavy atom. The average molecular weight is 468 g/mol. The molecule has 0 aliphatic carbocycles. The second-order valence-corrected chi connectivity index (χ2v) is 8.94. The van der Waals surface area contributed by atoms with Crippen molar-refractivity contribution in [1.82, 2.24) is 14.5 Å². The Kier molecular flexibility index (Phi) is 6.57. The number of carbonyl (C=O) groups is 1. The molecule has 7 heteroatoms. The third-order valence-electron chi connectivity index (χ3n) is 6.62. The summed E-state index contributed by atoms with van der Waals surface area (Å²) in [6, 6.07) is 21.5. The molecule has 0 bridgehead atoms. The van der Waals surface area contributed by atoms with Crippen LogP contribution in [0.1, 0.15) is 30.9 Å². The van der Waals surface area contributed by atoms with E-state index in [-0.39, 0.29) is 17.4 Å². The molecule has 4 aromatic rings. The van der Waals surface area contributed by atoms with Crippen molar-refractivity contribution in [3.63, 3.8) is 0 Å². The monoisotopic (exact) mass is 467 g/mol. The molecule has 7 nitrogen and oxygen atoms in total. The molecular formula is C28H29N5O2. The van der Waals surface area contributed by atoms with Crippen LogP contribution in [0.5, 0.6) is 0 Å². The highest BCUT2D eigenvalue weighted by Gasteiger charge is 2.29. The molecule has 1 fully saturated rings. The lowest BCUT2D eigenvalue weighted by Crippen LogP contribution is -2.44. The van der Waals surface area contributed by atoms with Crippen molar-refractivity contribution in [1.29, 1.82) is 0 Å². The van der Waals surface area contributed by atoms with Gasteiger partial charge in [0.2, 0.25) is 5.91 Å². The van der Waals surface area contributed by atoms with Gasteiger partial charge in [-0.1, -0.05) is 55.5 Å². The molecule has 1 atom stereocenters. The van der Waals surface area contributed by atoms with Crippen molar-refractivity contribution in [3.8, 4) is 0 Å². The topological polar surface area (TPSA) is 80.1 Å². The number of hydrogen-bond donors (Lipinski definition) is 1. The van der Waals surface area contributed by atoms with Gasteiger partial charge in [0, 0.05) is 25.0 Å². The molecule has 1 aliphatic rings. The van der Waals surface area contributed by atoms with Crippen LogP contribution in [0.4, 0.5) is 11.5 Å². The molecule has 1 aliphatic heterocycles. The van der Waals surface area contributed by atoms with Crippen LogP contribution in [0.2, 0.25) is 0 Å². The second-order valence-electron chi connectivity index (χ2n) is 8.94. The Labute approximate surface area is 204 Å². The number of fused-ring (bicyclic) bond motifs is 1. The number of pyridine rings is 1. The first-order valence-corrected chi connectivity index (χ1v) is 12.2. The van der Waals surface area contributed by atoms with E-state index in [9.17, 15) is 9.59 Å². The number of hydrogen-bond acceptors (Lipinski definition) is 5. The van der Waals surface area contributed by atoms with Crippen LogP contribution in [0.25, 0.3) is 11.2 Å². The van der Waals surface area contributed by atoms with Gasteiger partial charge in [0.05, 0.1) is 12.5 Å². The van der Waals surface area contributed by atoms with Crippen molar-refractivity contribution in [2.75, 3.05) is 23.3 Å². The zero-order valence-corrected chi connectivity index (χ0v) is 19.9. The number of aryl methyl sites for hydroxylation is 1. The molecule has 1 saturated heterocycles. The zero-order chi connectivity index (χ0) is 24.2. The Bertz CT molecular complexity index is 1400. The number of carbonyl (C=O) groups excluding carboxylic acids is 1. The normalized spacial score (nSPS) is 15.8. The highest BCUT2D eigenvalue weighted by Crippen LogP contribution is 2.24. The maximum absolute atomic E-state index is 13.7. The van der Waals surface area contributed by atoms with Gasteiger partial charge >= 0.3 is 0 Å². The SMILES string of the molecule is CCc1ccccc1NC(=O)[C@H]1CCCN(c2nc3cccnc3n(Cc3ccccc3)c2=O)C1. The number of nitrogens with zero attached hydrogens (tertiary/aromatic N) is 4. The van der Waals surface area contributed by atoms with E-state index < -0.39 is 0 Å². The summed E-state index contributed by atoms with van der Waals surface area (Å²) < 4.78 is 1.69. The van der Waals surface area contributed by atoms with E-state index in [1.165, 1.54) is 0 Å². The Hall–Kier alpha value is -4.00. The molecule has 3 heterocycles. The van der Waals surface area contributed by atoms with E-state index in [1.807, 2.05) is 71.6 Å². The lowest BCUT2D eigenvalue weighted by atomic mass is 9.96. The number of para-hydroxylation sites is 1. The number of anilines is 2. The van der Waals surface area contributed by atoms with E-state index in [0.717, 1.165) is 36.1 Å². The summed E-state index contributed by atoms with van der Waals surface area (Å²) in [6.07, 6.45) is 4.13. The number of piperidine rings is 1. The number of rotatable bonds is 6. The van der Waals surface area contributed by atoms with Gasteiger partial charge in [0.15, 0.2) is 11.5 Å². The van der Waals surface area contributed by atoms with Crippen LogP contribution >= 0.6 is 0 Å². The highest BCUT2D eigenvalue weighted by molar-refractivity contribution is 5.93. The van der Waals surface area contributed by atoms with Gasteiger partial charge in [-0.15, -0.1) is 0 Å². The number of aromatic nitrogens is 3. The molecule has 2 aromatic carbocycles. The van der Waals surface area contributed by atoms with Crippen molar-refractivity contribution in [3.05, 3.63) is 94.4 Å². The Morgan fingerprint density at radius 2 is 1.86 bits per heavy atom. The largest absolute Gasteiger partial charge is 0.351 e. The second kappa shape index (κ2) is 10.1. The zero-order valence-electron chi connectivity index (χ0n) is 19.9. The standard InChI is InChI=1S/C28H29N5O2/c1-2-21-12-6-7-14-23(21)31-27(34)22-13-9-17-32(19-22)26-28(35)33(18-20-10-4-3-5-11-20)25-24(30-26)15-8-16-29-25/h3-8,10-12,14-16,22H,2,9,13,17-19H2,1H3,(H,31,34)/t22-/m0/s1. The Morgan fingerprint density at radius 3 is 2.69 bits per heavy atom. The third kappa shape index (κ3) is 4.80. The molecule has 1 N–H and O–H groups in total. The van der Waals surface area contributed by atoms with Crippen LogP contribution in [0.3, 0.4) is 0 Å². The van der Waals surface area contributed by atoms with E-state index in [2.05, 4.69) is 17.2 Å². The molecule has 178 valence electrons. The van der Waals surface area contributed by atoms with Gasteiger partial charge in [-0.2, -0.15) is 0 Å². The summed E-state index contributed by atoms with van der Waals surface area (Å²) >= 11 is 0. The molecule has 0 radical (unpaired) electrons. The summed E-state index contributed by atoms with van der Waals surface area (Å²) in [5.74, 6) is 0.151. The van der Waals surface area contributed by atoms with Gasteiger partial charge in [-0.05, 0) is 48.6 Å². The van der Waals surface area contributed by atoms with E-state index in [0.29, 0.717) is 36.6 Å². The molecule has 0 spiro atoms. The molecule has 5 rings (SSSR count). The van der Waals surface area contributed by atoms with Gasteiger partial charge in [0.25, 0.3) is 5.56 Å².